The van der Waals surface area contributed by atoms with Crippen LogP contribution in [0.5, 0.6) is 11.5 Å². The van der Waals surface area contributed by atoms with Gasteiger partial charge in [-0.2, -0.15) is 5.10 Å². The summed E-state index contributed by atoms with van der Waals surface area (Å²) in [7, 11) is 0. The molecule has 0 amide bonds. The van der Waals surface area contributed by atoms with Crippen molar-refractivity contribution in [3.63, 3.8) is 0 Å². The van der Waals surface area contributed by atoms with Crippen LogP contribution in [-0.4, -0.2) is 20.0 Å². The summed E-state index contributed by atoms with van der Waals surface area (Å²) in [5.74, 6) is 0.299. The summed E-state index contributed by atoms with van der Waals surface area (Å²) in [6.45, 7) is 6.03. The molecule has 1 aromatic heterocycles. The van der Waals surface area contributed by atoms with E-state index in [1.54, 1.807) is 12.3 Å². The number of phenolic OH excluding ortho intramolecular Hbond substituents is 2. The Bertz CT molecular complexity index is 564. The minimum Gasteiger partial charge on any atom is -0.508 e. The predicted octanol–water partition coefficient (Wildman–Crippen LogP) is 3.05. The van der Waals surface area contributed by atoms with Crippen molar-refractivity contribution in [1.82, 2.24) is 9.78 Å². The fourth-order valence-electron chi connectivity index (χ4n) is 1.91. The van der Waals surface area contributed by atoms with Crippen LogP contribution in [0.3, 0.4) is 0 Å². The van der Waals surface area contributed by atoms with Crippen molar-refractivity contribution in [2.75, 3.05) is 5.32 Å². The molecule has 3 N–H and O–H groups in total. The molecule has 2 aromatic rings. The Morgan fingerprint density at radius 3 is 2.58 bits per heavy atom. The normalized spacial score (nSPS) is 12.6. The van der Waals surface area contributed by atoms with Gasteiger partial charge in [-0.05, 0) is 39.0 Å². The smallest absolute Gasteiger partial charge is 0.121 e. The molecule has 0 aliphatic rings. The van der Waals surface area contributed by atoms with Crippen LogP contribution < -0.4 is 5.32 Å². The average Bonchev–Trinajstić information content (AvgIpc) is 2.80. The zero-order chi connectivity index (χ0) is 14.0. The van der Waals surface area contributed by atoms with Crippen molar-refractivity contribution in [3.05, 3.63) is 36.2 Å². The van der Waals surface area contributed by atoms with Crippen LogP contribution in [0.2, 0.25) is 0 Å². The summed E-state index contributed by atoms with van der Waals surface area (Å²) in [6, 6.07) is 4.68. The minimum atomic E-state index is -0.128. The third-order valence-corrected chi connectivity index (χ3v) is 2.99. The lowest BCUT2D eigenvalue weighted by Gasteiger charge is -2.15. The van der Waals surface area contributed by atoms with E-state index in [-0.39, 0.29) is 17.5 Å². The summed E-state index contributed by atoms with van der Waals surface area (Å²) in [5, 5.41) is 26.8. The van der Waals surface area contributed by atoms with E-state index in [9.17, 15) is 10.2 Å². The number of nitrogens with zero attached hydrogens (tertiary/aromatic N) is 2. The van der Waals surface area contributed by atoms with Gasteiger partial charge in [0.25, 0.3) is 0 Å². The lowest BCUT2D eigenvalue weighted by molar-refractivity contribution is 0.451. The van der Waals surface area contributed by atoms with E-state index in [4.69, 9.17) is 0 Å². The van der Waals surface area contributed by atoms with E-state index in [1.807, 2.05) is 17.8 Å². The summed E-state index contributed by atoms with van der Waals surface area (Å²) >= 11 is 0. The van der Waals surface area contributed by atoms with Gasteiger partial charge in [0.15, 0.2) is 0 Å². The van der Waals surface area contributed by atoms with E-state index in [0.717, 1.165) is 5.69 Å². The average molecular weight is 261 g/mol. The molecule has 1 atom stereocenters. The summed E-state index contributed by atoms with van der Waals surface area (Å²) in [4.78, 5) is 0. The maximum Gasteiger partial charge on any atom is 0.121 e. The van der Waals surface area contributed by atoms with Gasteiger partial charge in [-0.25, -0.2) is 0 Å². The Labute approximate surface area is 112 Å². The standard InChI is InChI=1S/C14H19N3O2/c1-9(2)17-8-11(7-15-17)16-10(3)13-6-12(18)4-5-14(13)19/h4-10,16,18-19H,1-3H3. The number of hydrogen-bond acceptors (Lipinski definition) is 4. The molecular formula is C14H19N3O2. The molecule has 0 saturated heterocycles. The number of nitrogens with one attached hydrogen (secondary N) is 1. The third-order valence-electron chi connectivity index (χ3n) is 2.99. The van der Waals surface area contributed by atoms with Gasteiger partial charge in [0.1, 0.15) is 11.5 Å². The second-order valence-electron chi connectivity index (χ2n) is 4.91. The van der Waals surface area contributed by atoms with Gasteiger partial charge >= 0.3 is 0 Å². The van der Waals surface area contributed by atoms with Gasteiger partial charge in [0.2, 0.25) is 0 Å². The highest BCUT2D eigenvalue weighted by molar-refractivity contribution is 5.46. The van der Waals surface area contributed by atoms with Gasteiger partial charge in [-0.3, -0.25) is 4.68 Å². The van der Waals surface area contributed by atoms with E-state index < -0.39 is 0 Å². The molecule has 2 rings (SSSR count). The predicted molar refractivity (Wildman–Crippen MR) is 74.4 cm³/mol. The molecule has 0 spiro atoms. The van der Waals surface area contributed by atoms with Crippen molar-refractivity contribution in [1.29, 1.82) is 0 Å². The number of anilines is 1. The Balaban J connectivity index is 2.15. The van der Waals surface area contributed by atoms with Gasteiger partial charge in [-0.1, -0.05) is 0 Å². The van der Waals surface area contributed by atoms with E-state index in [1.165, 1.54) is 12.1 Å². The van der Waals surface area contributed by atoms with Crippen LogP contribution in [0, 0.1) is 0 Å². The van der Waals surface area contributed by atoms with Gasteiger partial charge in [0, 0.05) is 17.8 Å². The summed E-state index contributed by atoms with van der Waals surface area (Å²) in [6.07, 6.45) is 3.66. The molecule has 0 bridgehead atoms. The molecule has 0 radical (unpaired) electrons. The molecule has 5 heteroatoms. The first-order valence-corrected chi connectivity index (χ1v) is 6.30. The Morgan fingerprint density at radius 2 is 1.95 bits per heavy atom. The highest BCUT2D eigenvalue weighted by Crippen LogP contribution is 2.29. The second kappa shape index (κ2) is 5.22. The molecule has 0 aliphatic heterocycles. The van der Waals surface area contributed by atoms with Crippen molar-refractivity contribution < 1.29 is 10.2 Å². The Hall–Kier alpha value is -2.17. The third kappa shape index (κ3) is 2.99. The zero-order valence-corrected chi connectivity index (χ0v) is 11.3. The van der Waals surface area contributed by atoms with Crippen LogP contribution in [0.25, 0.3) is 0 Å². The highest BCUT2D eigenvalue weighted by atomic mass is 16.3. The fourth-order valence-corrected chi connectivity index (χ4v) is 1.91. The molecule has 1 aromatic carbocycles. The fraction of sp³-hybridized carbons (Fsp3) is 0.357. The zero-order valence-electron chi connectivity index (χ0n) is 11.3. The quantitative estimate of drug-likeness (QED) is 0.740. The molecule has 1 heterocycles. The lowest BCUT2D eigenvalue weighted by Crippen LogP contribution is -2.06. The molecular weight excluding hydrogens is 242 g/mol. The van der Waals surface area contributed by atoms with Crippen LogP contribution in [0.4, 0.5) is 5.69 Å². The van der Waals surface area contributed by atoms with Crippen LogP contribution in [0.1, 0.15) is 38.4 Å². The van der Waals surface area contributed by atoms with Gasteiger partial charge < -0.3 is 15.5 Å². The number of benzene rings is 1. The summed E-state index contributed by atoms with van der Waals surface area (Å²) < 4.78 is 1.86. The van der Waals surface area contributed by atoms with Crippen LogP contribution in [0.15, 0.2) is 30.6 Å². The maximum absolute atomic E-state index is 9.80. The van der Waals surface area contributed by atoms with Crippen molar-refractivity contribution >= 4 is 5.69 Å². The molecule has 102 valence electrons. The molecule has 1 unspecified atom stereocenters. The van der Waals surface area contributed by atoms with Crippen molar-refractivity contribution in [2.24, 2.45) is 0 Å². The summed E-state index contributed by atoms with van der Waals surface area (Å²) in [5.41, 5.74) is 1.53. The topological polar surface area (TPSA) is 70.3 Å². The van der Waals surface area contributed by atoms with E-state index in [2.05, 4.69) is 24.3 Å². The lowest BCUT2D eigenvalue weighted by atomic mass is 10.1. The maximum atomic E-state index is 9.80. The number of hydrogen-bond donors (Lipinski definition) is 3. The van der Waals surface area contributed by atoms with Gasteiger partial charge in [0.05, 0.1) is 17.9 Å². The van der Waals surface area contributed by atoms with Crippen molar-refractivity contribution in [3.8, 4) is 11.5 Å². The van der Waals surface area contributed by atoms with Crippen molar-refractivity contribution in [2.45, 2.75) is 32.9 Å². The SMILES string of the molecule is CC(Nc1cnn(C(C)C)c1)c1cc(O)ccc1O. The monoisotopic (exact) mass is 261 g/mol. The number of aromatic hydroxyl groups is 2. The first-order valence-electron chi connectivity index (χ1n) is 6.30. The van der Waals surface area contributed by atoms with Gasteiger partial charge in [-0.15, -0.1) is 0 Å². The largest absolute Gasteiger partial charge is 0.508 e. The van der Waals surface area contributed by atoms with Crippen LogP contribution in [-0.2, 0) is 0 Å². The van der Waals surface area contributed by atoms with Crippen LogP contribution >= 0.6 is 0 Å². The second-order valence-corrected chi connectivity index (χ2v) is 4.91. The Morgan fingerprint density at radius 1 is 1.21 bits per heavy atom. The number of rotatable bonds is 4. The molecule has 0 saturated carbocycles. The van der Waals surface area contributed by atoms with E-state index in [0.29, 0.717) is 11.6 Å². The molecule has 5 nitrogen and oxygen atoms in total. The minimum absolute atomic E-state index is 0.128. The number of aromatic nitrogens is 2. The molecule has 0 fully saturated rings. The Kier molecular flexibility index (Phi) is 3.64. The first kappa shape index (κ1) is 13.3. The number of phenols is 2. The highest BCUT2D eigenvalue weighted by Gasteiger charge is 2.12. The molecule has 19 heavy (non-hydrogen) atoms. The molecule has 0 aliphatic carbocycles. The first-order chi connectivity index (χ1) is 8.97. The van der Waals surface area contributed by atoms with E-state index >= 15 is 0 Å².